The minimum atomic E-state index is -0.704. The summed E-state index contributed by atoms with van der Waals surface area (Å²) in [6, 6.07) is 16.6. The lowest BCUT2D eigenvalue weighted by atomic mass is 10.2. The van der Waals surface area contributed by atoms with Gasteiger partial charge < -0.3 is 21.3 Å². The number of aromatic nitrogens is 1. The van der Waals surface area contributed by atoms with E-state index in [-0.39, 0.29) is 11.6 Å². The first-order chi connectivity index (χ1) is 12.9. The smallest absolute Gasteiger partial charge is 0.270 e. The first-order valence-electron chi connectivity index (χ1n) is 8.15. The van der Waals surface area contributed by atoms with Gasteiger partial charge in [0.15, 0.2) is 10.8 Å². The molecule has 0 bridgehead atoms. The molecule has 0 aliphatic carbocycles. The molecule has 2 amide bonds. The SMILES string of the molecule is CN(C)c1cccc(C(=O)Nc2sc(Nc3ccccc3)nc2C(N)=O)c1. The number of thiazole rings is 1. The van der Waals surface area contributed by atoms with Gasteiger partial charge in [0.1, 0.15) is 5.00 Å². The molecule has 8 heteroatoms. The molecule has 27 heavy (non-hydrogen) atoms. The maximum Gasteiger partial charge on any atom is 0.270 e. The topological polar surface area (TPSA) is 100 Å². The third-order valence-electron chi connectivity index (χ3n) is 3.74. The first-order valence-corrected chi connectivity index (χ1v) is 8.97. The number of para-hydroxylation sites is 1. The molecule has 0 spiro atoms. The Balaban J connectivity index is 1.84. The molecule has 0 atom stereocenters. The Bertz CT molecular complexity index is 969. The Kier molecular flexibility index (Phi) is 5.37. The van der Waals surface area contributed by atoms with Crippen molar-refractivity contribution < 1.29 is 9.59 Å². The van der Waals surface area contributed by atoms with Gasteiger partial charge in [0.05, 0.1) is 0 Å². The molecular formula is C19H19N5O2S. The standard InChI is InChI=1S/C19H19N5O2S/c1-24(2)14-10-6-7-12(11-14)17(26)23-18-15(16(20)25)22-19(27-18)21-13-8-4-3-5-9-13/h3-11H,1-2H3,(H2,20,25)(H,21,22)(H,23,26). The second kappa shape index (κ2) is 7.88. The molecule has 0 radical (unpaired) electrons. The van der Waals surface area contributed by atoms with Gasteiger partial charge >= 0.3 is 0 Å². The van der Waals surface area contributed by atoms with Crippen molar-refractivity contribution >= 4 is 44.7 Å². The first kappa shape index (κ1) is 18.4. The normalized spacial score (nSPS) is 10.3. The van der Waals surface area contributed by atoms with Gasteiger partial charge in [-0.3, -0.25) is 9.59 Å². The second-order valence-electron chi connectivity index (χ2n) is 5.95. The maximum absolute atomic E-state index is 12.6. The predicted molar refractivity (Wildman–Crippen MR) is 109 cm³/mol. The Morgan fingerprint density at radius 3 is 2.48 bits per heavy atom. The van der Waals surface area contributed by atoms with Gasteiger partial charge in [-0.25, -0.2) is 4.98 Å². The molecule has 0 saturated carbocycles. The summed E-state index contributed by atoms with van der Waals surface area (Å²) >= 11 is 1.15. The van der Waals surface area contributed by atoms with Crippen LogP contribution in [0.25, 0.3) is 0 Å². The van der Waals surface area contributed by atoms with Crippen LogP contribution in [0.1, 0.15) is 20.8 Å². The van der Waals surface area contributed by atoms with E-state index in [1.54, 1.807) is 18.2 Å². The van der Waals surface area contributed by atoms with Crippen LogP contribution in [0.3, 0.4) is 0 Å². The van der Waals surface area contributed by atoms with Crippen molar-refractivity contribution in [3.05, 3.63) is 65.9 Å². The van der Waals surface area contributed by atoms with E-state index in [0.717, 1.165) is 22.7 Å². The van der Waals surface area contributed by atoms with Crippen LogP contribution in [-0.4, -0.2) is 30.9 Å². The molecule has 138 valence electrons. The van der Waals surface area contributed by atoms with Crippen LogP contribution in [0.2, 0.25) is 0 Å². The fourth-order valence-corrected chi connectivity index (χ4v) is 3.26. The van der Waals surface area contributed by atoms with Crippen LogP contribution in [0.15, 0.2) is 54.6 Å². The number of nitrogens with one attached hydrogen (secondary N) is 2. The number of benzene rings is 2. The average molecular weight is 381 g/mol. The van der Waals surface area contributed by atoms with E-state index in [0.29, 0.717) is 15.7 Å². The van der Waals surface area contributed by atoms with Crippen molar-refractivity contribution in [1.29, 1.82) is 0 Å². The highest BCUT2D eigenvalue weighted by atomic mass is 32.1. The van der Waals surface area contributed by atoms with Crippen LogP contribution in [0.4, 0.5) is 21.5 Å². The molecule has 0 aliphatic heterocycles. The largest absolute Gasteiger partial charge is 0.378 e. The zero-order valence-corrected chi connectivity index (χ0v) is 15.7. The highest BCUT2D eigenvalue weighted by Crippen LogP contribution is 2.31. The fraction of sp³-hybridized carbons (Fsp3) is 0.105. The molecule has 3 aromatic rings. The second-order valence-corrected chi connectivity index (χ2v) is 6.95. The highest BCUT2D eigenvalue weighted by Gasteiger charge is 2.19. The van der Waals surface area contributed by atoms with Gasteiger partial charge in [0.2, 0.25) is 0 Å². The van der Waals surface area contributed by atoms with Gasteiger partial charge in [-0.15, -0.1) is 0 Å². The molecule has 0 saturated heterocycles. The van der Waals surface area contributed by atoms with E-state index in [2.05, 4.69) is 15.6 Å². The van der Waals surface area contributed by atoms with Gasteiger partial charge in [-0.05, 0) is 30.3 Å². The summed E-state index contributed by atoms with van der Waals surface area (Å²) < 4.78 is 0. The quantitative estimate of drug-likeness (QED) is 0.608. The van der Waals surface area contributed by atoms with Crippen molar-refractivity contribution in [1.82, 2.24) is 4.98 Å². The van der Waals surface area contributed by atoms with E-state index in [4.69, 9.17) is 5.73 Å². The molecule has 2 aromatic carbocycles. The summed E-state index contributed by atoms with van der Waals surface area (Å²) in [7, 11) is 3.79. The lowest BCUT2D eigenvalue weighted by molar-refractivity contribution is 0.0997. The lowest BCUT2D eigenvalue weighted by Crippen LogP contribution is -2.18. The Labute approximate surface area is 160 Å². The molecule has 1 heterocycles. The van der Waals surface area contributed by atoms with Gasteiger partial charge in [-0.2, -0.15) is 0 Å². The average Bonchev–Trinajstić information content (AvgIpc) is 3.05. The summed E-state index contributed by atoms with van der Waals surface area (Å²) in [4.78, 5) is 30.4. The third kappa shape index (κ3) is 4.42. The van der Waals surface area contributed by atoms with Gasteiger partial charge in [-0.1, -0.05) is 35.6 Å². The molecule has 4 N–H and O–H groups in total. The summed E-state index contributed by atoms with van der Waals surface area (Å²) in [6.07, 6.45) is 0. The molecule has 0 aliphatic rings. The van der Waals surface area contributed by atoms with Crippen LogP contribution in [0.5, 0.6) is 0 Å². The van der Waals surface area contributed by atoms with Crippen LogP contribution < -0.4 is 21.3 Å². The number of nitrogens with two attached hydrogens (primary N) is 1. The minimum Gasteiger partial charge on any atom is -0.378 e. The molecular weight excluding hydrogens is 362 g/mol. The number of carbonyl (C=O) groups is 2. The highest BCUT2D eigenvalue weighted by molar-refractivity contribution is 7.20. The number of anilines is 4. The van der Waals surface area contributed by atoms with E-state index in [9.17, 15) is 9.59 Å². The number of primary amides is 1. The van der Waals surface area contributed by atoms with Crippen molar-refractivity contribution in [3.8, 4) is 0 Å². The Hall–Kier alpha value is -3.39. The van der Waals surface area contributed by atoms with Crippen LogP contribution in [0, 0.1) is 0 Å². The van der Waals surface area contributed by atoms with Crippen LogP contribution >= 0.6 is 11.3 Å². The minimum absolute atomic E-state index is 0.0237. The van der Waals surface area contributed by atoms with Crippen LogP contribution in [-0.2, 0) is 0 Å². The summed E-state index contributed by atoms with van der Waals surface area (Å²) in [5.74, 6) is -1.04. The molecule has 0 fully saturated rings. The molecule has 3 rings (SSSR count). The van der Waals surface area contributed by atoms with E-state index in [1.807, 2.05) is 55.4 Å². The lowest BCUT2D eigenvalue weighted by Gasteiger charge is -2.13. The Morgan fingerprint density at radius 1 is 1.07 bits per heavy atom. The summed E-state index contributed by atoms with van der Waals surface area (Å²) in [6.45, 7) is 0. The maximum atomic E-state index is 12.6. The van der Waals surface area contributed by atoms with Crippen molar-refractivity contribution in [3.63, 3.8) is 0 Å². The predicted octanol–water partition coefficient (Wildman–Crippen LogP) is 3.30. The number of hydrogen-bond donors (Lipinski definition) is 3. The number of nitrogens with zero attached hydrogens (tertiary/aromatic N) is 2. The zero-order valence-electron chi connectivity index (χ0n) is 14.9. The fourth-order valence-electron chi connectivity index (χ4n) is 2.37. The van der Waals surface area contributed by atoms with E-state index < -0.39 is 5.91 Å². The third-order valence-corrected chi connectivity index (χ3v) is 4.62. The van der Waals surface area contributed by atoms with Gasteiger partial charge in [0, 0.05) is 31.0 Å². The number of carbonyl (C=O) groups excluding carboxylic acids is 2. The number of amides is 2. The molecule has 1 aromatic heterocycles. The summed E-state index contributed by atoms with van der Waals surface area (Å²) in [5, 5.41) is 6.61. The van der Waals surface area contributed by atoms with E-state index >= 15 is 0 Å². The number of rotatable bonds is 6. The summed E-state index contributed by atoms with van der Waals surface area (Å²) in [5.41, 5.74) is 7.63. The molecule has 7 nitrogen and oxygen atoms in total. The Morgan fingerprint density at radius 2 is 1.81 bits per heavy atom. The van der Waals surface area contributed by atoms with Crippen molar-refractivity contribution in [2.75, 3.05) is 29.6 Å². The van der Waals surface area contributed by atoms with Gasteiger partial charge in [0.25, 0.3) is 11.8 Å². The van der Waals surface area contributed by atoms with E-state index in [1.165, 1.54) is 0 Å². The van der Waals surface area contributed by atoms with Crippen molar-refractivity contribution in [2.24, 2.45) is 5.73 Å². The monoisotopic (exact) mass is 381 g/mol. The molecule has 0 unspecified atom stereocenters. The number of hydrogen-bond acceptors (Lipinski definition) is 6. The van der Waals surface area contributed by atoms with Crippen molar-refractivity contribution in [2.45, 2.75) is 0 Å². The zero-order chi connectivity index (χ0) is 19.4.